The third-order valence-electron chi connectivity index (χ3n) is 4.49. The fourth-order valence-corrected chi connectivity index (χ4v) is 3.21. The van der Waals surface area contributed by atoms with Gasteiger partial charge in [-0.15, -0.1) is 5.73 Å². The standard InChI is InChI=1S/C20H23BrO3/c1-3-24-19(23)20(2)12-5-6-15(11-13-20)14-18(22)16-7-4-8-17(21)10-9-16/h7-10,14H,3,5-6,11-13H2,1-2H3/b15-14-. The Labute approximate surface area is 152 Å². The lowest BCUT2D eigenvalue weighted by molar-refractivity contribution is -0.155. The Morgan fingerprint density at radius 1 is 1.29 bits per heavy atom. The van der Waals surface area contributed by atoms with Gasteiger partial charge in [0, 0.05) is 10.1 Å². The van der Waals surface area contributed by atoms with E-state index in [1.165, 1.54) is 0 Å². The van der Waals surface area contributed by atoms with Gasteiger partial charge in [-0.3, -0.25) is 9.59 Å². The zero-order chi connectivity index (χ0) is 17.6. The van der Waals surface area contributed by atoms with Crippen LogP contribution in [-0.4, -0.2) is 18.4 Å². The summed E-state index contributed by atoms with van der Waals surface area (Å²) in [5.74, 6) is -0.129. The molecule has 1 unspecified atom stereocenters. The van der Waals surface area contributed by atoms with E-state index < -0.39 is 5.41 Å². The Balaban J connectivity index is 2.08. The van der Waals surface area contributed by atoms with E-state index in [4.69, 9.17) is 4.74 Å². The second-order valence-electron chi connectivity index (χ2n) is 6.43. The molecule has 0 amide bonds. The molecule has 2 aliphatic rings. The molecule has 0 aromatic carbocycles. The summed E-state index contributed by atoms with van der Waals surface area (Å²) in [6.07, 6.45) is 12.9. The molecule has 0 saturated heterocycles. The molecule has 1 fully saturated rings. The van der Waals surface area contributed by atoms with Crippen LogP contribution in [0.2, 0.25) is 0 Å². The van der Waals surface area contributed by atoms with E-state index in [2.05, 4.69) is 21.7 Å². The van der Waals surface area contributed by atoms with Crippen LogP contribution in [0.15, 0.2) is 51.7 Å². The normalized spacial score (nSPS) is 25.5. The van der Waals surface area contributed by atoms with Crippen molar-refractivity contribution in [2.75, 3.05) is 6.61 Å². The van der Waals surface area contributed by atoms with Crippen LogP contribution in [0.3, 0.4) is 0 Å². The molecule has 24 heavy (non-hydrogen) atoms. The molecule has 4 heteroatoms. The van der Waals surface area contributed by atoms with Gasteiger partial charge in [0.2, 0.25) is 0 Å². The van der Waals surface area contributed by atoms with Crippen molar-refractivity contribution in [2.45, 2.75) is 46.0 Å². The smallest absolute Gasteiger partial charge is 0.311 e. The van der Waals surface area contributed by atoms with Crippen LogP contribution in [0.4, 0.5) is 0 Å². The third kappa shape index (κ3) is 4.93. The van der Waals surface area contributed by atoms with E-state index in [9.17, 15) is 9.59 Å². The van der Waals surface area contributed by atoms with Gasteiger partial charge in [-0.2, -0.15) is 0 Å². The number of ether oxygens (including phenoxy) is 1. The molecule has 2 aliphatic carbocycles. The molecule has 1 atom stereocenters. The van der Waals surface area contributed by atoms with Gasteiger partial charge in [-0.25, -0.2) is 0 Å². The van der Waals surface area contributed by atoms with Gasteiger partial charge in [0.05, 0.1) is 12.0 Å². The summed E-state index contributed by atoms with van der Waals surface area (Å²) in [5, 5.41) is 0. The van der Waals surface area contributed by atoms with E-state index in [0.29, 0.717) is 12.2 Å². The monoisotopic (exact) mass is 390 g/mol. The summed E-state index contributed by atoms with van der Waals surface area (Å²) in [5.41, 5.74) is 4.26. The molecule has 0 heterocycles. The maximum Gasteiger partial charge on any atom is 0.311 e. The van der Waals surface area contributed by atoms with Crippen molar-refractivity contribution < 1.29 is 14.3 Å². The first-order valence-corrected chi connectivity index (χ1v) is 9.15. The van der Waals surface area contributed by atoms with Gasteiger partial charge in [0.15, 0.2) is 5.78 Å². The highest BCUT2D eigenvalue weighted by Gasteiger charge is 2.35. The highest BCUT2D eigenvalue weighted by molar-refractivity contribution is 9.11. The van der Waals surface area contributed by atoms with Gasteiger partial charge in [0.1, 0.15) is 0 Å². The number of hydrogen-bond acceptors (Lipinski definition) is 3. The first-order chi connectivity index (χ1) is 11.4. The maximum atomic E-state index is 12.5. The van der Waals surface area contributed by atoms with Crippen molar-refractivity contribution in [3.63, 3.8) is 0 Å². The first kappa shape index (κ1) is 18.7. The predicted molar refractivity (Wildman–Crippen MR) is 98.7 cm³/mol. The Hall–Kier alpha value is -1.64. The van der Waals surface area contributed by atoms with Crippen molar-refractivity contribution in [1.29, 1.82) is 0 Å². The summed E-state index contributed by atoms with van der Waals surface area (Å²) in [7, 11) is 0. The van der Waals surface area contributed by atoms with Gasteiger partial charge >= 0.3 is 5.97 Å². The minimum absolute atomic E-state index is 0.0101. The van der Waals surface area contributed by atoms with Gasteiger partial charge in [-0.05, 0) is 76.3 Å². The van der Waals surface area contributed by atoms with Crippen LogP contribution in [-0.2, 0) is 14.3 Å². The number of halogens is 1. The summed E-state index contributed by atoms with van der Waals surface area (Å²) in [6.45, 7) is 4.21. The van der Waals surface area contributed by atoms with Crippen LogP contribution in [0, 0.1) is 5.41 Å². The third-order valence-corrected chi connectivity index (χ3v) is 4.99. The maximum absolute atomic E-state index is 12.5. The molecule has 0 aromatic rings. The molecular formula is C20H23BrO3. The Kier molecular flexibility index (Phi) is 6.59. The zero-order valence-corrected chi connectivity index (χ0v) is 15.8. The van der Waals surface area contributed by atoms with E-state index in [1.807, 2.05) is 19.9 Å². The topological polar surface area (TPSA) is 43.4 Å². The fourth-order valence-electron chi connectivity index (χ4n) is 2.94. The van der Waals surface area contributed by atoms with Crippen LogP contribution < -0.4 is 0 Å². The van der Waals surface area contributed by atoms with E-state index >= 15 is 0 Å². The minimum Gasteiger partial charge on any atom is -0.466 e. The minimum atomic E-state index is -0.438. The highest BCUT2D eigenvalue weighted by atomic mass is 79.9. The molecule has 128 valence electrons. The molecule has 0 N–H and O–H groups in total. The number of rotatable bonds is 4. The second-order valence-corrected chi connectivity index (χ2v) is 7.35. The number of esters is 1. The molecule has 0 aromatic heterocycles. The van der Waals surface area contributed by atoms with Gasteiger partial charge in [-0.1, -0.05) is 21.5 Å². The lowest BCUT2D eigenvalue weighted by atomic mass is 9.82. The fraction of sp³-hybridized carbons (Fsp3) is 0.450. The van der Waals surface area contributed by atoms with Crippen molar-refractivity contribution in [3.05, 3.63) is 51.7 Å². The number of carbonyl (C=O) groups excluding carboxylic acids is 2. The van der Waals surface area contributed by atoms with E-state index in [1.54, 1.807) is 24.3 Å². The van der Waals surface area contributed by atoms with Crippen LogP contribution in [0.5, 0.6) is 0 Å². The van der Waals surface area contributed by atoms with Crippen LogP contribution >= 0.6 is 15.9 Å². The van der Waals surface area contributed by atoms with Gasteiger partial charge < -0.3 is 4.74 Å². The van der Waals surface area contributed by atoms with Gasteiger partial charge in [0.25, 0.3) is 0 Å². The van der Waals surface area contributed by atoms with Crippen molar-refractivity contribution in [1.82, 2.24) is 0 Å². The Bertz CT molecular complexity index is 675. The molecule has 0 aliphatic heterocycles. The quantitative estimate of drug-likeness (QED) is 0.295. The second kappa shape index (κ2) is 8.46. The molecule has 3 nitrogen and oxygen atoms in total. The molecule has 0 radical (unpaired) electrons. The van der Waals surface area contributed by atoms with E-state index in [0.717, 1.165) is 42.2 Å². The van der Waals surface area contributed by atoms with Crippen molar-refractivity contribution in [2.24, 2.45) is 5.41 Å². The lowest BCUT2D eigenvalue weighted by Gasteiger charge is -2.24. The average molecular weight is 391 g/mol. The molecular weight excluding hydrogens is 368 g/mol. The Morgan fingerprint density at radius 2 is 2.08 bits per heavy atom. The van der Waals surface area contributed by atoms with Crippen LogP contribution in [0.1, 0.15) is 46.0 Å². The summed E-state index contributed by atoms with van der Waals surface area (Å²) < 4.78 is 6.10. The van der Waals surface area contributed by atoms with Crippen LogP contribution in [0.25, 0.3) is 0 Å². The number of carbonyl (C=O) groups is 2. The zero-order valence-electron chi connectivity index (χ0n) is 14.2. The summed E-state index contributed by atoms with van der Waals surface area (Å²) in [6, 6.07) is 0. The highest BCUT2D eigenvalue weighted by Crippen LogP contribution is 2.37. The summed E-state index contributed by atoms with van der Waals surface area (Å²) >= 11 is 3.37. The first-order valence-electron chi connectivity index (χ1n) is 8.35. The van der Waals surface area contributed by atoms with Crippen molar-refractivity contribution >= 4 is 27.7 Å². The molecule has 2 rings (SSSR count). The Morgan fingerprint density at radius 3 is 2.83 bits per heavy atom. The molecule has 0 spiro atoms. The predicted octanol–water partition coefficient (Wildman–Crippen LogP) is 4.95. The summed E-state index contributed by atoms with van der Waals surface area (Å²) in [4.78, 5) is 24.6. The molecule has 0 bridgehead atoms. The molecule has 1 saturated carbocycles. The lowest BCUT2D eigenvalue weighted by Crippen LogP contribution is -2.29. The van der Waals surface area contributed by atoms with E-state index in [-0.39, 0.29) is 11.8 Å². The SMILES string of the molecule is CCOC(=O)C1(C)CCC/C(=C/C(=O)C2=CC=C(Br)C=C=C2)CC1. The number of ketones is 1. The number of hydrogen-bond donors (Lipinski definition) is 0. The average Bonchev–Trinajstić information content (AvgIpc) is 2.87. The number of allylic oxidation sites excluding steroid dienone is 7. The van der Waals surface area contributed by atoms with Crippen molar-refractivity contribution in [3.8, 4) is 0 Å². The largest absolute Gasteiger partial charge is 0.466 e.